The number of carbonyl (C=O) groups is 4. The Bertz CT molecular complexity index is 958. The topological polar surface area (TPSA) is 95.6 Å². The van der Waals surface area contributed by atoms with Crippen molar-refractivity contribution in [1.82, 2.24) is 10.2 Å². The summed E-state index contributed by atoms with van der Waals surface area (Å²) in [7, 11) is 0. The minimum absolute atomic E-state index is 0.0199. The van der Waals surface area contributed by atoms with E-state index in [1.165, 1.54) is 25.1 Å². The molecule has 1 heterocycles. The van der Waals surface area contributed by atoms with E-state index in [0.29, 0.717) is 0 Å². The maximum atomic E-state index is 13.1. The van der Waals surface area contributed by atoms with Gasteiger partial charge in [-0.2, -0.15) is 0 Å². The van der Waals surface area contributed by atoms with Gasteiger partial charge >= 0.3 is 0 Å². The molecule has 2 aromatic carbocycles. The molecule has 0 spiro atoms. The monoisotopic (exact) mass is 387 g/mol. The summed E-state index contributed by atoms with van der Waals surface area (Å²) in [6.45, 7) is 0.885. The maximum absolute atomic E-state index is 13.1. The molecule has 2 N–H and O–H groups in total. The smallest absolute Gasteiger partial charge is 0.262 e. The van der Waals surface area contributed by atoms with E-state index < -0.39 is 47.8 Å². The standard InChI is InChI=1S/C19H15F2N3O4/c1-10(24-18(27)12-4-2-3-5-13(12)19(24)28)17(26)22-9-16(25)23-11-6-7-14(20)15(21)8-11/h2-8,10H,9H2,1H3,(H,22,26)(H,23,25)/t10-/m1/s1. The Morgan fingerprint density at radius 2 is 1.61 bits per heavy atom. The molecule has 0 unspecified atom stereocenters. The first-order valence-corrected chi connectivity index (χ1v) is 8.29. The molecule has 9 heteroatoms. The minimum atomic E-state index is -1.14. The van der Waals surface area contributed by atoms with Crippen LogP contribution >= 0.6 is 0 Å². The Morgan fingerprint density at radius 3 is 2.18 bits per heavy atom. The highest BCUT2D eigenvalue weighted by molar-refractivity contribution is 6.22. The van der Waals surface area contributed by atoms with E-state index in [4.69, 9.17) is 0 Å². The van der Waals surface area contributed by atoms with Crippen LogP contribution in [-0.4, -0.2) is 41.1 Å². The van der Waals surface area contributed by atoms with Gasteiger partial charge in [0, 0.05) is 11.8 Å². The van der Waals surface area contributed by atoms with Gasteiger partial charge in [0.05, 0.1) is 17.7 Å². The van der Waals surface area contributed by atoms with Crippen molar-refractivity contribution in [3.8, 4) is 0 Å². The molecule has 2 aromatic rings. The quantitative estimate of drug-likeness (QED) is 0.764. The number of hydrogen-bond acceptors (Lipinski definition) is 4. The fraction of sp³-hybridized carbons (Fsp3) is 0.158. The lowest BCUT2D eigenvalue weighted by Gasteiger charge is -2.21. The average molecular weight is 387 g/mol. The number of rotatable bonds is 5. The van der Waals surface area contributed by atoms with E-state index in [-0.39, 0.29) is 16.8 Å². The van der Waals surface area contributed by atoms with Gasteiger partial charge in [0.2, 0.25) is 11.8 Å². The lowest BCUT2D eigenvalue weighted by atomic mass is 10.1. The largest absolute Gasteiger partial charge is 0.345 e. The van der Waals surface area contributed by atoms with E-state index in [1.807, 2.05) is 0 Å². The number of fused-ring (bicyclic) bond motifs is 1. The number of hydrogen-bond donors (Lipinski definition) is 2. The molecule has 144 valence electrons. The van der Waals surface area contributed by atoms with Gasteiger partial charge < -0.3 is 10.6 Å². The molecule has 4 amide bonds. The van der Waals surface area contributed by atoms with Crippen molar-refractivity contribution < 1.29 is 28.0 Å². The molecule has 0 aromatic heterocycles. The second-order valence-electron chi connectivity index (χ2n) is 6.10. The van der Waals surface area contributed by atoms with Crippen LogP contribution in [0.5, 0.6) is 0 Å². The highest BCUT2D eigenvalue weighted by Crippen LogP contribution is 2.24. The van der Waals surface area contributed by atoms with Crippen molar-refractivity contribution in [2.24, 2.45) is 0 Å². The Morgan fingerprint density at radius 1 is 1.00 bits per heavy atom. The van der Waals surface area contributed by atoms with E-state index in [2.05, 4.69) is 10.6 Å². The second-order valence-corrected chi connectivity index (χ2v) is 6.10. The SMILES string of the molecule is C[C@H](C(=O)NCC(=O)Nc1ccc(F)c(F)c1)N1C(=O)c2ccccc2C1=O. The van der Waals surface area contributed by atoms with Crippen LogP contribution in [-0.2, 0) is 9.59 Å². The Kier molecular flexibility index (Phi) is 5.16. The minimum Gasteiger partial charge on any atom is -0.345 e. The van der Waals surface area contributed by atoms with Gasteiger partial charge in [0.1, 0.15) is 6.04 Å². The highest BCUT2D eigenvalue weighted by Gasteiger charge is 2.40. The summed E-state index contributed by atoms with van der Waals surface area (Å²) in [5.74, 6) is -4.75. The van der Waals surface area contributed by atoms with Gasteiger partial charge in [0.25, 0.3) is 11.8 Å². The molecule has 3 rings (SSSR count). The van der Waals surface area contributed by atoms with Crippen molar-refractivity contribution in [2.45, 2.75) is 13.0 Å². The van der Waals surface area contributed by atoms with Crippen LogP contribution in [0.25, 0.3) is 0 Å². The number of nitrogens with one attached hydrogen (secondary N) is 2. The first-order chi connectivity index (χ1) is 13.3. The van der Waals surface area contributed by atoms with Crippen molar-refractivity contribution in [3.05, 3.63) is 65.2 Å². The zero-order chi connectivity index (χ0) is 20.4. The number of amides is 4. The molecule has 1 aliphatic heterocycles. The van der Waals surface area contributed by atoms with Crippen LogP contribution in [0.2, 0.25) is 0 Å². The average Bonchev–Trinajstić information content (AvgIpc) is 2.93. The third-order valence-corrected chi connectivity index (χ3v) is 4.22. The van der Waals surface area contributed by atoms with Crippen LogP contribution < -0.4 is 10.6 Å². The number of benzene rings is 2. The Labute approximate surface area is 158 Å². The number of nitrogens with zero attached hydrogens (tertiary/aromatic N) is 1. The van der Waals surface area contributed by atoms with E-state index >= 15 is 0 Å². The number of carbonyl (C=O) groups excluding carboxylic acids is 4. The van der Waals surface area contributed by atoms with Gasteiger partial charge in [-0.15, -0.1) is 0 Å². The molecular formula is C19H15F2N3O4. The van der Waals surface area contributed by atoms with Crippen LogP contribution in [0.1, 0.15) is 27.6 Å². The fourth-order valence-corrected chi connectivity index (χ4v) is 2.77. The van der Waals surface area contributed by atoms with Crippen LogP contribution in [0.3, 0.4) is 0 Å². The summed E-state index contributed by atoms with van der Waals surface area (Å²) < 4.78 is 26.0. The zero-order valence-electron chi connectivity index (χ0n) is 14.7. The van der Waals surface area contributed by atoms with Gasteiger partial charge in [-0.1, -0.05) is 12.1 Å². The van der Waals surface area contributed by atoms with Gasteiger partial charge in [-0.3, -0.25) is 24.1 Å². The molecule has 0 saturated carbocycles. The predicted octanol–water partition coefficient (Wildman–Crippen LogP) is 1.70. The third-order valence-electron chi connectivity index (χ3n) is 4.22. The lowest BCUT2D eigenvalue weighted by Crippen LogP contribution is -2.49. The summed E-state index contributed by atoms with van der Waals surface area (Å²) in [6.07, 6.45) is 0. The molecule has 1 atom stereocenters. The summed E-state index contributed by atoms with van der Waals surface area (Å²) in [5, 5.41) is 4.61. The molecule has 0 bridgehead atoms. The lowest BCUT2D eigenvalue weighted by molar-refractivity contribution is -0.126. The number of imide groups is 1. The summed E-state index contributed by atoms with van der Waals surface area (Å²) in [5.41, 5.74) is 0.443. The maximum Gasteiger partial charge on any atom is 0.262 e. The Balaban J connectivity index is 1.59. The first kappa shape index (κ1) is 19.2. The molecule has 28 heavy (non-hydrogen) atoms. The van der Waals surface area contributed by atoms with Gasteiger partial charge in [0.15, 0.2) is 11.6 Å². The van der Waals surface area contributed by atoms with Crippen molar-refractivity contribution in [2.75, 3.05) is 11.9 Å². The zero-order valence-corrected chi connectivity index (χ0v) is 14.7. The van der Waals surface area contributed by atoms with Crippen LogP contribution in [0.15, 0.2) is 42.5 Å². The molecule has 1 aliphatic rings. The molecule has 7 nitrogen and oxygen atoms in total. The van der Waals surface area contributed by atoms with Gasteiger partial charge in [-0.05, 0) is 31.2 Å². The molecule has 0 saturated heterocycles. The number of halogens is 2. The fourth-order valence-electron chi connectivity index (χ4n) is 2.77. The third kappa shape index (κ3) is 3.59. The van der Waals surface area contributed by atoms with Crippen LogP contribution in [0.4, 0.5) is 14.5 Å². The normalized spacial score (nSPS) is 13.9. The molecular weight excluding hydrogens is 372 g/mol. The van der Waals surface area contributed by atoms with E-state index in [9.17, 15) is 28.0 Å². The molecule has 0 fully saturated rings. The summed E-state index contributed by atoms with van der Waals surface area (Å²) in [4.78, 5) is 49.7. The van der Waals surface area contributed by atoms with E-state index in [1.54, 1.807) is 12.1 Å². The number of anilines is 1. The first-order valence-electron chi connectivity index (χ1n) is 8.29. The Hall–Kier alpha value is -3.62. The van der Waals surface area contributed by atoms with Crippen molar-refractivity contribution >= 4 is 29.3 Å². The summed E-state index contributed by atoms with van der Waals surface area (Å²) >= 11 is 0. The highest BCUT2D eigenvalue weighted by atomic mass is 19.2. The van der Waals surface area contributed by atoms with Crippen LogP contribution in [0, 0.1) is 11.6 Å². The second kappa shape index (κ2) is 7.55. The summed E-state index contributed by atoms with van der Waals surface area (Å²) in [6, 6.07) is 7.90. The molecule has 0 aliphatic carbocycles. The van der Waals surface area contributed by atoms with Crippen molar-refractivity contribution in [3.63, 3.8) is 0 Å². The van der Waals surface area contributed by atoms with Gasteiger partial charge in [-0.25, -0.2) is 8.78 Å². The van der Waals surface area contributed by atoms with Crippen molar-refractivity contribution in [1.29, 1.82) is 0 Å². The molecule has 0 radical (unpaired) electrons. The predicted molar refractivity (Wildman–Crippen MR) is 94.4 cm³/mol. The van der Waals surface area contributed by atoms with E-state index in [0.717, 1.165) is 17.0 Å².